The average Bonchev–Trinajstić information content (AvgIpc) is 2.94. The Labute approximate surface area is 160 Å². The number of ether oxygens (including phenoxy) is 1. The van der Waals surface area contributed by atoms with E-state index in [4.69, 9.17) is 4.74 Å². The summed E-state index contributed by atoms with van der Waals surface area (Å²) in [7, 11) is 1.52. The molecule has 1 heterocycles. The standard InChI is InChI=1S/C20H19F3N2O3/c1-3-28-13-8-11(7-12(21)9-13)14-10-25(2)20(27)17(14)19(26)24-16-6-4-5-15(22)18(16)23/h4-9,14,17H,3,10H2,1-2H3,(H,24,26). The van der Waals surface area contributed by atoms with Crippen molar-refractivity contribution in [1.29, 1.82) is 0 Å². The molecule has 2 aromatic carbocycles. The molecule has 0 aliphatic carbocycles. The summed E-state index contributed by atoms with van der Waals surface area (Å²) in [5, 5.41) is 2.27. The van der Waals surface area contributed by atoms with Gasteiger partial charge in [0.2, 0.25) is 11.8 Å². The van der Waals surface area contributed by atoms with E-state index in [1.165, 1.54) is 36.2 Å². The molecule has 2 amide bonds. The van der Waals surface area contributed by atoms with Crippen molar-refractivity contribution in [3.05, 3.63) is 59.4 Å². The van der Waals surface area contributed by atoms with Gasteiger partial charge in [0.05, 0.1) is 12.3 Å². The van der Waals surface area contributed by atoms with Crippen LogP contribution in [0.1, 0.15) is 18.4 Å². The molecule has 28 heavy (non-hydrogen) atoms. The fourth-order valence-electron chi connectivity index (χ4n) is 3.35. The molecule has 3 rings (SSSR count). The molecule has 1 N–H and O–H groups in total. The number of carbonyl (C=O) groups excluding carboxylic acids is 2. The zero-order chi connectivity index (χ0) is 20.4. The summed E-state index contributed by atoms with van der Waals surface area (Å²) < 4.78 is 46.6. The zero-order valence-electron chi connectivity index (χ0n) is 15.3. The minimum atomic E-state index is -1.21. The number of anilines is 1. The van der Waals surface area contributed by atoms with E-state index >= 15 is 0 Å². The number of rotatable bonds is 5. The maximum Gasteiger partial charge on any atom is 0.237 e. The van der Waals surface area contributed by atoms with Crippen LogP contribution in [0.25, 0.3) is 0 Å². The highest BCUT2D eigenvalue weighted by molar-refractivity contribution is 6.08. The van der Waals surface area contributed by atoms with Gasteiger partial charge in [-0.15, -0.1) is 0 Å². The second-order valence-corrected chi connectivity index (χ2v) is 6.55. The molecule has 5 nitrogen and oxygen atoms in total. The van der Waals surface area contributed by atoms with Crippen molar-refractivity contribution in [3.8, 4) is 5.75 Å². The van der Waals surface area contributed by atoms with E-state index < -0.39 is 41.1 Å². The highest BCUT2D eigenvalue weighted by atomic mass is 19.2. The number of amides is 2. The number of nitrogens with one attached hydrogen (secondary N) is 1. The summed E-state index contributed by atoms with van der Waals surface area (Å²) in [5.41, 5.74) is 0.0568. The van der Waals surface area contributed by atoms with E-state index in [-0.39, 0.29) is 18.0 Å². The predicted octanol–water partition coefficient (Wildman–Crippen LogP) is 3.31. The molecule has 1 saturated heterocycles. The smallest absolute Gasteiger partial charge is 0.237 e. The summed E-state index contributed by atoms with van der Waals surface area (Å²) >= 11 is 0. The van der Waals surface area contributed by atoms with Crippen LogP contribution in [0.15, 0.2) is 36.4 Å². The van der Waals surface area contributed by atoms with Gasteiger partial charge in [0.15, 0.2) is 11.6 Å². The van der Waals surface area contributed by atoms with E-state index in [9.17, 15) is 22.8 Å². The molecule has 0 spiro atoms. The number of likely N-dealkylation sites (tertiary alicyclic amines) is 1. The van der Waals surface area contributed by atoms with Gasteiger partial charge in [-0.3, -0.25) is 9.59 Å². The number of hydrogen-bond acceptors (Lipinski definition) is 3. The molecule has 1 aliphatic rings. The normalized spacial score (nSPS) is 19.0. The van der Waals surface area contributed by atoms with Crippen LogP contribution in [0.5, 0.6) is 5.75 Å². The van der Waals surface area contributed by atoms with Crippen LogP contribution >= 0.6 is 0 Å². The van der Waals surface area contributed by atoms with Gasteiger partial charge in [0, 0.05) is 25.6 Å². The molecule has 1 aliphatic heterocycles. The van der Waals surface area contributed by atoms with Gasteiger partial charge in [-0.25, -0.2) is 13.2 Å². The van der Waals surface area contributed by atoms with Crippen molar-refractivity contribution in [2.75, 3.05) is 25.5 Å². The zero-order valence-corrected chi connectivity index (χ0v) is 15.3. The van der Waals surface area contributed by atoms with Gasteiger partial charge in [-0.2, -0.15) is 0 Å². The van der Waals surface area contributed by atoms with Gasteiger partial charge in [-0.1, -0.05) is 6.07 Å². The van der Waals surface area contributed by atoms with Crippen molar-refractivity contribution < 1.29 is 27.5 Å². The van der Waals surface area contributed by atoms with E-state index in [0.717, 1.165) is 6.07 Å². The van der Waals surface area contributed by atoms with Crippen LogP contribution in [-0.2, 0) is 9.59 Å². The van der Waals surface area contributed by atoms with Crippen LogP contribution in [0, 0.1) is 23.4 Å². The third-order valence-electron chi connectivity index (χ3n) is 4.64. The van der Waals surface area contributed by atoms with Gasteiger partial charge >= 0.3 is 0 Å². The lowest BCUT2D eigenvalue weighted by molar-refractivity contribution is -0.135. The van der Waals surface area contributed by atoms with E-state index in [1.54, 1.807) is 13.0 Å². The Hall–Kier alpha value is -3.03. The van der Waals surface area contributed by atoms with Crippen LogP contribution < -0.4 is 10.1 Å². The molecule has 2 unspecified atom stereocenters. The first kappa shape index (κ1) is 19.7. The Balaban J connectivity index is 1.92. The molecule has 148 valence electrons. The van der Waals surface area contributed by atoms with Crippen molar-refractivity contribution >= 4 is 17.5 Å². The topological polar surface area (TPSA) is 58.6 Å². The van der Waals surface area contributed by atoms with Crippen LogP contribution in [0.3, 0.4) is 0 Å². The molecular formula is C20H19F3N2O3. The molecule has 0 radical (unpaired) electrons. The molecule has 0 aromatic heterocycles. The minimum absolute atomic E-state index is 0.178. The van der Waals surface area contributed by atoms with Crippen molar-refractivity contribution in [2.45, 2.75) is 12.8 Å². The lowest BCUT2D eigenvalue weighted by atomic mass is 9.87. The van der Waals surface area contributed by atoms with Gasteiger partial charge in [0.25, 0.3) is 0 Å². The Morgan fingerprint density at radius 2 is 2.00 bits per heavy atom. The third-order valence-corrected chi connectivity index (χ3v) is 4.64. The quantitative estimate of drug-likeness (QED) is 0.795. The Morgan fingerprint density at radius 1 is 1.25 bits per heavy atom. The number of benzene rings is 2. The Kier molecular flexibility index (Phi) is 5.58. The average molecular weight is 392 g/mol. The second kappa shape index (κ2) is 7.92. The molecular weight excluding hydrogens is 373 g/mol. The molecule has 0 saturated carbocycles. The number of carbonyl (C=O) groups is 2. The summed E-state index contributed by atoms with van der Waals surface area (Å²) in [4.78, 5) is 26.6. The van der Waals surface area contributed by atoms with E-state index in [2.05, 4.69) is 5.32 Å². The summed E-state index contributed by atoms with van der Waals surface area (Å²) in [5.74, 6) is -5.74. The Bertz CT molecular complexity index is 920. The third kappa shape index (κ3) is 3.81. The van der Waals surface area contributed by atoms with Crippen molar-refractivity contribution in [3.63, 3.8) is 0 Å². The number of hydrogen-bond donors (Lipinski definition) is 1. The fourth-order valence-corrected chi connectivity index (χ4v) is 3.35. The first-order chi connectivity index (χ1) is 13.3. The molecule has 2 atom stereocenters. The maximum absolute atomic E-state index is 14.0. The van der Waals surface area contributed by atoms with Gasteiger partial charge in [-0.05, 0) is 36.8 Å². The second-order valence-electron chi connectivity index (χ2n) is 6.55. The summed E-state index contributed by atoms with van der Waals surface area (Å²) in [6.07, 6.45) is 0. The summed E-state index contributed by atoms with van der Waals surface area (Å²) in [6.45, 7) is 2.26. The van der Waals surface area contributed by atoms with E-state index in [1.807, 2.05) is 0 Å². The monoisotopic (exact) mass is 392 g/mol. The lowest BCUT2D eigenvalue weighted by Gasteiger charge is -2.18. The fraction of sp³-hybridized carbons (Fsp3) is 0.300. The molecule has 8 heteroatoms. The number of likely N-dealkylation sites (N-methyl/N-ethyl adjacent to an activating group) is 1. The van der Waals surface area contributed by atoms with E-state index in [0.29, 0.717) is 12.2 Å². The van der Waals surface area contributed by atoms with Crippen LogP contribution in [0.4, 0.5) is 18.9 Å². The lowest BCUT2D eigenvalue weighted by Crippen LogP contribution is -2.33. The predicted molar refractivity (Wildman–Crippen MR) is 96.4 cm³/mol. The maximum atomic E-state index is 14.0. The highest BCUT2D eigenvalue weighted by Gasteiger charge is 2.44. The SMILES string of the molecule is CCOc1cc(F)cc(C2CN(C)C(=O)C2C(=O)Nc2cccc(F)c2F)c1. The highest BCUT2D eigenvalue weighted by Crippen LogP contribution is 2.36. The minimum Gasteiger partial charge on any atom is -0.494 e. The Morgan fingerprint density at radius 3 is 2.71 bits per heavy atom. The van der Waals surface area contributed by atoms with Gasteiger partial charge in [0.1, 0.15) is 17.5 Å². The summed E-state index contributed by atoms with van der Waals surface area (Å²) in [6, 6.07) is 7.39. The van der Waals surface area contributed by atoms with Crippen LogP contribution in [0.2, 0.25) is 0 Å². The van der Waals surface area contributed by atoms with Crippen molar-refractivity contribution in [2.24, 2.45) is 5.92 Å². The van der Waals surface area contributed by atoms with Gasteiger partial charge < -0.3 is 15.0 Å². The molecule has 0 bridgehead atoms. The largest absolute Gasteiger partial charge is 0.494 e. The first-order valence-corrected chi connectivity index (χ1v) is 8.75. The van der Waals surface area contributed by atoms with Crippen molar-refractivity contribution in [1.82, 2.24) is 4.90 Å². The molecule has 1 fully saturated rings. The number of nitrogens with zero attached hydrogens (tertiary/aromatic N) is 1. The number of halogens is 3. The van der Waals surface area contributed by atoms with Crippen LogP contribution in [-0.4, -0.2) is 36.9 Å². The molecule has 2 aromatic rings. The first-order valence-electron chi connectivity index (χ1n) is 8.75.